The third-order valence-electron chi connectivity index (χ3n) is 4.30. The highest BCUT2D eigenvalue weighted by Gasteiger charge is 2.24. The second kappa shape index (κ2) is 8.17. The third-order valence-corrected chi connectivity index (χ3v) is 4.30. The van der Waals surface area contributed by atoms with Crippen molar-refractivity contribution in [3.8, 4) is 6.07 Å². The SMILES string of the molecule is CN(C)c1cc[nH+]c(N(Cc2ccccc2)Cc2ccccc2)c1C#N. The fraction of sp³-hybridized carbons (Fsp3) is 0.182. The molecule has 0 aliphatic rings. The molecule has 2 aromatic carbocycles. The summed E-state index contributed by atoms with van der Waals surface area (Å²) >= 11 is 0. The Morgan fingerprint density at radius 3 is 1.85 bits per heavy atom. The number of H-pyrrole nitrogens is 1. The van der Waals surface area contributed by atoms with E-state index >= 15 is 0 Å². The molecule has 1 N–H and O–H groups in total. The Morgan fingerprint density at radius 2 is 1.38 bits per heavy atom. The van der Waals surface area contributed by atoms with Crippen molar-refractivity contribution in [2.75, 3.05) is 23.9 Å². The normalized spacial score (nSPS) is 10.2. The van der Waals surface area contributed by atoms with Crippen LogP contribution in [-0.4, -0.2) is 14.1 Å². The van der Waals surface area contributed by atoms with Gasteiger partial charge in [0.1, 0.15) is 19.2 Å². The van der Waals surface area contributed by atoms with E-state index in [2.05, 4.69) is 40.2 Å². The maximum absolute atomic E-state index is 9.81. The number of nitrogens with zero attached hydrogens (tertiary/aromatic N) is 3. The standard InChI is InChI=1S/C22H22N4/c1-25(2)21-13-14-24-22(20(21)15-23)26(16-18-9-5-3-6-10-18)17-19-11-7-4-8-12-19/h3-14H,16-17H2,1-2H3/p+1. The average Bonchev–Trinajstić information content (AvgIpc) is 2.68. The monoisotopic (exact) mass is 343 g/mol. The quantitative estimate of drug-likeness (QED) is 0.686. The highest BCUT2D eigenvalue weighted by molar-refractivity contribution is 5.67. The Hall–Kier alpha value is -3.32. The second-order valence-corrected chi connectivity index (χ2v) is 6.42. The van der Waals surface area contributed by atoms with E-state index in [4.69, 9.17) is 0 Å². The molecule has 0 unspecified atom stereocenters. The van der Waals surface area contributed by atoms with E-state index in [1.165, 1.54) is 11.1 Å². The molecular formula is C22H23N4+. The molecule has 0 bridgehead atoms. The third kappa shape index (κ3) is 4.01. The lowest BCUT2D eigenvalue weighted by atomic mass is 10.1. The van der Waals surface area contributed by atoms with Crippen LogP contribution in [0.25, 0.3) is 0 Å². The number of pyridine rings is 1. The van der Waals surface area contributed by atoms with Crippen molar-refractivity contribution in [2.45, 2.75) is 13.1 Å². The molecule has 3 aromatic rings. The van der Waals surface area contributed by atoms with Crippen LogP contribution in [0.15, 0.2) is 72.9 Å². The number of aromatic nitrogens is 1. The van der Waals surface area contributed by atoms with Crippen LogP contribution in [0.2, 0.25) is 0 Å². The molecule has 0 atom stereocenters. The van der Waals surface area contributed by atoms with E-state index in [9.17, 15) is 5.26 Å². The van der Waals surface area contributed by atoms with Gasteiger partial charge in [0.15, 0.2) is 5.56 Å². The molecule has 0 fully saturated rings. The van der Waals surface area contributed by atoms with Crippen molar-refractivity contribution >= 4 is 11.5 Å². The van der Waals surface area contributed by atoms with Crippen molar-refractivity contribution in [3.05, 3.63) is 89.6 Å². The molecule has 1 aromatic heterocycles. The molecule has 4 nitrogen and oxygen atoms in total. The number of hydrogen-bond donors (Lipinski definition) is 0. The lowest BCUT2D eigenvalue weighted by molar-refractivity contribution is -0.364. The zero-order valence-corrected chi connectivity index (χ0v) is 15.2. The minimum Gasteiger partial charge on any atom is -0.376 e. The summed E-state index contributed by atoms with van der Waals surface area (Å²) in [7, 11) is 3.91. The first kappa shape index (κ1) is 17.5. The summed E-state index contributed by atoms with van der Waals surface area (Å²) in [5, 5.41) is 9.81. The summed E-state index contributed by atoms with van der Waals surface area (Å²) in [6.45, 7) is 1.44. The van der Waals surface area contributed by atoms with Crippen LogP contribution in [-0.2, 0) is 13.1 Å². The van der Waals surface area contributed by atoms with Gasteiger partial charge in [-0.1, -0.05) is 60.7 Å². The Kier molecular flexibility index (Phi) is 5.50. The van der Waals surface area contributed by atoms with Gasteiger partial charge in [-0.05, 0) is 11.1 Å². The first-order valence-electron chi connectivity index (χ1n) is 8.64. The van der Waals surface area contributed by atoms with Crippen LogP contribution in [0.5, 0.6) is 0 Å². The van der Waals surface area contributed by atoms with Gasteiger partial charge in [-0.15, -0.1) is 0 Å². The maximum atomic E-state index is 9.81. The van der Waals surface area contributed by atoms with Gasteiger partial charge in [-0.3, -0.25) is 4.90 Å². The van der Waals surface area contributed by atoms with E-state index in [-0.39, 0.29) is 0 Å². The first-order valence-corrected chi connectivity index (χ1v) is 8.64. The first-order chi connectivity index (χ1) is 12.7. The molecule has 0 aliphatic heterocycles. The van der Waals surface area contributed by atoms with Crippen LogP contribution < -0.4 is 14.8 Å². The minimum absolute atomic E-state index is 0.657. The molecule has 0 aliphatic carbocycles. The van der Waals surface area contributed by atoms with Gasteiger partial charge in [-0.25, -0.2) is 4.98 Å². The molecule has 1 heterocycles. The van der Waals surface area contributed by atoms with Gasteiger partial charge in [-0.2, -0.15) is 5.26 Å². The smallest absolute Gasteiger partial charge is 0.295 e. The van der Waals surface area contributed by atoms with Gasteiger partial charge in [0, 0.05) is 20.2 Å². The molecule has 4 heteroatoms. The highest BCUT2D eigenvalue weighted by Crippen LogP contribution is 2.26. The predicted octanol–water partition coefficient (Wildman–Crippen LogP) is 3.65. The lowest BCUT2D eigenvalue weighted by Crippen LogP contribution is -2.30. The number of hydrogen-bond acceptors (Lipinski definition) is 3. The molecule has 26 heavy (non-hydrogen) atoms. The summed E-state index contributed by atoms with van der Waals surface area (Å²) in [6.07, 6.45) is 1.90. The Morgan fingerprint density at radius 1 is 0.846 bits per heavy atom. The molecule has 0 radical (unpaired) electrons. The average molecular weight is 343 g/mol. The number of anilines is 2. The van der Waals surface area contributed by atoms with Crippen LogP contribution in [0.1, 0.15) is 16.7 Å². The zero-order chi connectivity index (χ0) is 18.4. The predicted molar refractivity (Wildman–Crippen MR) is 105 cm³/mol. The maximum Gasteiger partial charge on any atom is 0.295 e. The van der Waals surface area contributed by atoms with E-state index in [1.807, 2.05) is 67.7 Å². The van der Waals surface area contributed by atoms with Gasteiger partial charge in [0.2, 0.25) is 0 Å². The van der Waals surface area contributed by atoms with Crippen molar-refractivity contribution < 1.29 is 4.98 Å². The number of nitriles is 1. The van der Waals surface area contributed by atoms with Crippen molar-refractivity contribution in [1.82, 2.24) is 0 Å². The van der Waals surface area contributed by atoms with Crippen LogP contribution in [0.3, 0.4) is 0 Å². The molecule has 0 saturated heterocycles. The summed E-state index contributed by atoms with van der Waals surface area (Å²) < 4.78 is 0. The van der Waals surface area contributed by atoms with E-state index in [0.29, 0.717) is 5.56 Å². The topological polar surface area (TPSA) is 44.4 Å². The number of rotatable bonds is 6. The van der Waals surface area contributed by atoms with E-state index in [0.717, 1.165) is 24.6 Å². The van der Waals surface area contributed by atoms with Gasteiger partial charge in [0.05, 0.1) is 11.9 Å². The van der Waals surface area contributed by atoms with Crippen LogP contribution in [0, 0.1) is 11.3 Å². The Labute approximate surface area is 155 Å². The van der Waals surface area contributed by atoms with Crippen LogP contribution in [0.4, 0.5) is 11.5 Å². The Bertz CT molecular complexity index is 842. The number of benzene rings is 2. The summed E-state index contributed by atoms with van der Waals surface area (Å²) in [4.78, 5) is 7.49. The molecule has 0 saturated carbocycles. The minimum atomic E-state index is 0.657. The molecule has 0 spiro atoms. The van der Waals surface area contributed by atoms with Gasteiger partial charge in [0.25, 0.3) is 5.82 Å². The Balaban J connectivity index is 2.03. The van der Waals surface area contributed by atoms with Crippen molar-refractivity contribution in [3.63, 3.8) is 0 Å². The largest absolute Gasteiger partial charge is 0.376 e. The summed E-state index contributed by atoms with van der Waals surface area (Å²) in [5.74, 6) is 0.839. The molecule has 3 rings (SSSR count). The van der Waals surface area contributed by atoms with E-state index in [1.54, 1.807) is 0 Å². The number of nitrogens with one attached hydrogen (secondary N) is 1. The summed E-state index contributed by atoms with van der Waals surface area (Å²) in [6, 6.07) is 25.0. The fourth-order valence-electron chi connectivity index (χ4n) is 3.03. The number of aromatic amines is 1. The highest BCUT2D eigenvalue weighted by atomic mass is 15.2. The van der Waals surface area contributed by atoms with E-state index < -0.39 is 0 Å². The summed E-state index contributed by atoms with van der Waals surface area (Å²) in [5.41, 5.74) is 3.98. The fourth-order valence-corrected chi connectivity index (χ4v) is 3.03. The van der Waals surface area contributed by atoms with Crippen molar-refractivity contribution in [2.24, 2.45) is 0 Å². The van der Waals surface area contributed by atoms with Crippen molar-refractivity contribution in [1.29, 1.82) is 5.26 Å². The van der Waals surface area contributed by atoms with Gasteiger partial charge >= 0.3 is 0 Å². The molecule has 130 valence electrons. The molecule has 0 amide bonds. The second-order valence-electron chi connectivity index (χ2n) is 6.42. The van der Waals surface area contributed by atoms with Crippen LogP contribution >= 0.6 is 0 Å². The lowest BCUT2D eigenvalue weighted by Gasteiger charge is -2.21. The van der Waals surface area contributed by atoms with Gasteiger partial charge < -0.3 is 4.90 Å². The zero-order valence-electron chi connectivity index (χ0n) is 15.2. The molecular weight excluding hydrogens is 320 g/mol.